The van der Waals surface area contributed by atoms with Gasteiger partial charge in [0, 0.05) is 18.1 Å². The van der Waals surface area contributed by atoms with Gasteiger partial charge < -0.3 is 5.32 Å². The molecule has 2 heterocycles. The molecule has 7 nitrogen and oxygen atoms in total. The number of carbonyl (C=O) groups is 3. The van der Waals surface area contributed by atoms with Gasteiger partial charge in [-0.2, -0.15) is 5.10 Å². The molecule has 1 aliphatic carbocycles. The average Bonchev–Trinajstić information content (AvgIpc) is 3.30. The van der Waals surface area contributed by atoms with E-state index in [0.29, 0.717) is 5.69 Å². The van der Waals surface area contributed by atoms with Crippen molar-refractivity contribution in [2.24, 2.45) is 11.8 Å². The summed E-state index contributed by atoms with van der Waals surface area (Å²) in [7, 11) is 0. The maximum atomic E-state index is 12.6. The van der Waals surface area contributed by atoms with Crippen molar-refractivity contribution in [3.05, 3.63) is 42.7 Å². The lowest BCUT2D eigenvalue weighted by molar-refractivity contribution is -0.146. The summed E-state index contributed by atoms with van der Waals surface area (Å²) in [5.74, 6) is -1.23. The molecular formula is C20H22N4O3. The van der Waals surface area contributed by atoms with Crippen LogP contribution >= 0.6 is 0 Å². The van der Waals surface area contributed by atoms with Crippen LogP contribution in [0, 0.1) is 11.8 Å². The summed E-state index contributed by atoms with van der Waals surface area (Å²) in [5, 5.41) is 6.96. The molecule has 1 aromatic carbocycles. The van der Waals surface area contributed by atoms with E-state index in [2.05, 4.69) is 10.4 Å². The summed E-state index contributed by atoms with van der Waals surface area (Å²) in [6.45, 7) is 1.61. The van der Waals surface area contributed by atoms with Crippen molar-refractivity contribution in [3.8, 4) is 5.69 Å². The van der Waals surface area contributed by atoms with E-state index < -0.39 is 6.04 Å². The molecule has 1 saturated heterocycles. The first kappa shape index (κ1) is 17.5. The third kappa shape index (κ3) is 3.13. The van der Waals surface area contributed by atoms with E-state index in [1.165, 1.54) is 4.90 Å². The molecule has 2 aliphatic rings. The first-order valence-corrected chi connectivity index (χ1v) is 9.34. The number of nitrogens with one attached hydrogen (secondary N) is 1. The monoisotopic (exact) mass is 366 g/mol. The predicted octanol–water partition coefficient (Wildman–Crippen LogP) is 2.37. The minimum absolute atomic E-state index is 0.193. The smallest absolute Gasteiger partial charge is 0.247 e. The summed E-state index contributed by atoms with van der Waals surface area (Å²) in [6.07, 6.45) is 6.96. The topological polar surface area (TPSA) is 84.3 Å². The van der Waals surface area contributed by atoms with Crippen LogP contribution in [0.2, 0.25) is 0 Å². The van der Waals surface area contributed by atoms with Gasteiger partial charge in [-0.25, -0.2) is 4.68 Å². The van der Waals surface area contributed by atoms with Crippen molar-refractivity contribution < 1.29 is 14.4 Å². The molecule has 0 radical (unpaired) electrons. The fourth-order valence-electron chi connectivity index (χ4n) is 4.05. The summed E-state index contributed by atoms with van der Waals surface area (Å²) in [4.78, 5) is 39.1. The van der Waals surface area contributed by atoms with Gasteiger partial charge in [-0.1, -0.05) is 12.8 Å². The Morgan fingerprint density at radius 1 is 1.11 bits per heavy atom. The van der Waals surface area contributed by atoms with Crippen LogP contribution in [-0.2, 0) is 14.4 Å². The number of nitrogens with zero attached hydrogens (tertiary/aromatic N) is 3. The largest absolute Gasteiger partial charge is 0.324 e. The highest BCUT2D eigenvalue weighted by Crippen LogP contribution is 2.38. The zero-order valence-electron chi connectivity index (χ0n) is 15.2. The fraction of sp³-hybridized carbons (Fsp3) is 0.400. The molecule has 2 fully saturated rings. The lowest BCUT2D eigenvalue weighted by atomic mass is 9.81. The normalized spacial score (nSPS) is 23.2. The first-order chi connectivity index (χ1) is 13.1. The highest BCUT2D eigenvalue weighted by molar-refractivity contribution is 6.09. The standard InChI is InChI=1S/C20H22N4O3/c1-13(24-19(26)16-5-2-3-6-17(16)20(24)27)18(25)22-14-7-9-15(10-8-14)23-12-4-11-21-23/h4,7-13,16-17H,2-3,5-6H2,1H3,(H,22,25). The van der Waals surface area contributed by atoms with Crippen LogP contribution in [0.25, 0.3) is 5.69 Å². The molecule has 7 heteroatoms. The lowest BCUT2D eigenvalue weighted by Gasteiger charge is -2.22. The van der Waals surface area contributed by atoms with Crippen LogP contribution in [0.3, 0.4) is 0 Å². The molecule has 1 aromatic heterocycles. The Morgan fingerprint density at radius 3 is 2.30 bits per heavy atom. The van der Waals surface area contributed by atoms with Gasteiger partial charge in [0.05, 0.1) is 17.5 Å². The van der Waals surface area contributed by atoms with E-state index in [9.17, 15) is 14.4 Å². The number of likely N-dealkylation sites (tertiary alicyclic amines) is 1. The third-order valence-electron chi connectivity index (χ3n) is 5.55. The van der Waals surface area contributed by atoms with Gasteiger partial charge in [0.2, 0.25) is 17.7 Å². The van der Waals surface area contributed by atoms with Gasteiger partial charge >= 0.3 is 0 Å². The number of fused-ring (bicyclic) bond motifs is 1. The van der Waals surface area contributed by atoms with Crippen molar-refractivity contribution in [3.63, 3.8) is 0 Å². The Hall–Kier alpha value is -2.96. The number of rotatable bonds is 4. The van der Waals surface area contributed by atoms with Crippen LogP contribution in [0.4, 0.5) is 5.69 Å². The average molecular weight is 366 g/mol. The second kappa shape index (κ2) is 6.98. The summed E-state index contributed by atoms with van der Waals surface area (Å²) < 4.78 is 1.72. The van der Waals surface area contributed by atoms with E-state index in [1.54, 1.807) is 29.9 Å². The molecule has 2 aromatic rings. The highest BCUT2D eigenvalue weighted by Gasteiger charge is 2.50. The number of hydrogen-bond donors (Lipinski definition) is 1. The van der Waals surface area contributed by atoms with Crippen molar-refractivity contribution in [2.75, 3.05) is 5.32 Å². The Labute approximate surface area is 157 Å². The summed E-state index contributed by atoms with van der Waals surface area (Å²) in [5.41, 5.74) is 1.49. The number of aromatic nitrogens is 2. The van der Waals surface area contributed by atoms with Crippen molar-refractivity contribution in [1.29, 1.82) is 0 Å². The van der Waals surface area contributed by atoms with Crippen LogP contribution < -0.4 is 5.32 Å². The highest BCUT2D eigenvalue weighted by atomic mass is 16.2. The maximum absolute atomic E-state index is 12.6. The first-order valence-electron chi connectivity index (χ1n) is 9.34. The van der Waals surface area contributed by atoms with Crippen LogP contribution in [0.15, 0.2) is 42.7 Å². The molecule has 1 saturated carbocycles. The van der Waals surface area contributed by atoms with E-state index in [1.807, 2.05) is 24.4 Å². The molecule has 1 N–H and O–H groups in total. The van der Waals surface area contributed by atoms with Crippen molar-refractivity contribution in [1.82, 2.24) is 14.7 Å². The van der Waals surface area contributed by atoms with Gasteiger partial charge in [0.1, 0.15) is 6.04 Å². The second-order valence-corrected chi connectivity index (χ2v) is 7.21. The molecule has 27 heavy (non-hydrogen) atoms. The van der Waals surface area contributed by atoms with Crippen molar-refractivity contribution >= 4 is 23.4 Å². The molecular weight excluding hydrogens is 344 g/mol. The van der Waals surface area contributed by atoms with Crippen LogP contribution in [0.5, 0.6) is 0 Å². The van der Waals surface area contributed by atoms with E-state index >= 15 is 0 Å². The Kier molecular flexibility index (Phi) is 4.51. The van der Waals surface area contributed by atoms with Gasteiger partial charge in [-0.3, -0.25) is 19.3 Å². The minimum atomic E-state index is -0.818. The summed E-state index contributed by atoms with van der Waals surface area (Å²) in [6, 6.07) is 8.24. The number of hydrogen-bond acceptors (Lipinski definition) is 4. The van der Waals surface area contributed by atoms with Gasteiger partial charge in [0.15, 0.2) is 0 Å². The van der Waals surface area contributed by atoms with E-state index in [-0.39, 0.29) is 29.6 Å². The molecule has 140 valence electrons. The molecule has 3 unspecified atom stereocenters. The number of amides is 3. The Bertz CT molecular complexity index is 836. The Balaban J connectivity index is 1.45. The molecule has 0 spiro atoms. The fourth-order valence-corrected chi connectivity index (χ4v) is 4.05. The van der Waals surface area contributed by atoms with Crippen molar-refractivity contribution in [2.45, 2.75) is 38.6 Å². The molecule has 1 aliphatic heterocycles. The zero-order valence-corrected chi connectivity index (χ0v) is 15.2. The SMILES string of the molecule is CC(C(=O)Nc1ccc(-n2cccn2)cc1)N1C(=O)C2CCCCC2C1=O. The van der Waals surface area contributed by atoms with Gasteiger partial charge in [-0.05, 0) is 50.1 Å². The number of carbonyl (C=O) groups excluding carboxylic acids is 3. The van der Waals surface area contributed by atoms with Crippen LogP contribution in [0.1, 0.15) is 32.6 Å². The van der Waals surface area contributed by atoms with Gasteiger partial charge in [-0.15, -0.1) is 0 Å². The molecule has 4 rings (SSSR count). The van der Waals surface area contributed by atoms with Gasteiger partial charge in [0.25, 0.3) is 0 Å². The molecule has 3 atom stereocenters. The Morgan fingerprint density at radius 2 is 1.74 bits per heavy atom. The number of anilines is 1. The van der Waals surface area contributed by atoms with E-state index in [4.69, 9.17) is 0 Å². The number of benzene rings is 1. The third-order valence-corrected chi connectivity index (χ3v) is 5.55. The lowest BCUT2D eigenvalue weighted by Crippen LogP contribution is -2.46. The predicted molar refractivity (Wildman–Crippen MR) is 99.0 cm³/mol. The quantitative estimate of drug-likeness (QED) is 0.842. The minimum Gasteiger partial charge on any atom is -0.324 e. The maximum Gasteiger partial charge on any atom is 0.247 e. The number of imide groups is 1. The summed E-state index contributed by atoms with van der Waals surface area (Å²) >= 11 is 0. The zero-order chi connectivity index (χ0) is 19.0. The van der Waals surface area contributed by atoms with E-state index in [0.717, 1.165) is 31.4 Å². The van der Waals surface area contributed by atoms with Crippen LogP contribution in [-0.4, -0.2) is 38.4 Å². The molecule has 3 amide bonds. The second-order valence-electron chi connectivity index (χ2n) is 7.21. The molecule has 0 bridgehead atoms.